The van der Waals surface area contributed by atoms with E-state index >= 15 is 0 Å². The van der Waals surface area contributed by atoms with Crippen molar-refractivity contribution in [1.82, 2.24) is 15.1 Å². The number of hydrogen-bond acceptors (Lipinski definition) is 3. The molecule has 0 saturated carbocycles. The second kappa shape index (κ2) is 3.90. The van der Waals surface area contributed by atoms with Gasteiger partial charge in [-0.05, 0) is 26.3 Å². The summed E-state index contributed by atoms with van der Waals surface area (Å²) in [6.45, 7) is 4.81. The van der Waals surface area contributed by atoms with Gasteiger partial charge in [0.25, 0.3) is 0 Å². The van der Waals surface area contributed by atoms with E-state index in [4.69, 9.17) is 0 Å². The number of nitrogens with zero attached hydrogens (tertiary/aromatic N) is 2. The Morgan fingerprint density at radius 2 is 2.44 bits per heavy atom. The van der Waals surface area contributed by atoms with E-state index in [2.05, 4.69) is 10.2 Å². The molecule has 1 amide bonds. The second-order valence-corrected chi connectivity index (χ2v) is 4.79. The van der Waals surface area contributed by atoms with Crippen molar-refractivity contribution in [1.29, 1.82) is 0 Å². The number of carbonyl (C=O) groups excluding carboxylic acids is 1. The maximum atomic E-state index is 12.3. The lowest BCUT2D eigenvalue weighted by molar-refractivity contribution is -0.135. The van der Waals surface area contributed by atoms with Crippen LogP contribution in [-0.4, -0.2) is 45.3 Å². The third-order valence-corrected chi connectivity index (χ3v) is 3.16. The molecule has 5 nitrogen and oxygen atoms in total. The highest BCUT2D eigenvalue weighted by Gasteiger charge is 2.37. The van der Waals surface area contributed by atoms with E-state index < -0.39 is 5.41 Å². The fraction of sp³-hybridized carbons (Fsp3) is 0.636. The van der Waals surface area contributed by atoms with Gasteiger partial charge in [-0.1, -0.05) is 0 Å². The molecule has 1 aromatic heterocycles. The van der Waals surface area contributed by atoms with Crippen molar-refractivity contribution in [3.8, 4) is 0 Å². The van der Waals surface area contributed by atoms with Crippen molar-refractivity contribution in [2.24, 2.45) is 0 Å². The van der Waals surface area contributed by atoms with Crippen molar-refractivity contribution in [2.45, 2.75) is 31.8 Å². The number of aromatic nitrogens is 2. The average Bonchev–Trinajstić information content (AvgIpc) is 2.86. The van der Waals surface area contributed by atoms with Crippen LogP contribution < -0.4 is 0 Å². The Labute approximate surface area is 94.5 Å². The Kier molecular flexibility index (Phi) is 2.71. The van der Waals surface area contributed by atoms with Crippen LogP contribution in [0.4, 0.5) is 0 Å². The maximum absolute atomic E-state index is 12.3. The van der Waals surface area contributed by atoms with Crippen LogP contribution in [0.25, 0.3) is 0 Å². The first-order valence-electron chi connectivity index (χ1n) is 5.49. The normalized spacial score (nSPS) is 21.4. The summed E-state index contributed by atoms with van der Waals surface area (Å²) in [5, 5.41) is 16.1. The Balaban J connectivity index is 2.15. The van der Waals surface area contributed by atoms with Crippen LogP contribution in [0.3, 0.4) is 0 Å². The lowest BCUT2D eigenvalue weighted by Crippen LogP contribution is -2.42. The van der Waals surface area contributed by atoms with Crippen LogP contribution in [0.1, 0.15) is 26.0 Å². The van der Waals surface area contributed by atoms with Gasteiger partial charge in [-0.25, -0.2) is 0 Å². The number of aliphatic hydroxyl groups is 1. The van der Waals surface area contributed by atoms with Gasteiger partial charge in [0.1, 0.15) is 0 Å². The molecule has 1 saturated heterocycles. The summed E-state index contributed by atoms with van der Waals surface area (Å²) >= 11 is 0. The summed E-state index contributed by atoms with van der Waals surface area (Å²) in [5.41, 5.74) is 0.194. The first kappa shape index (κ1) is 11.1. The third-order valence-electron chi connectivity index (χ3n) is 3.16. The molecule has 0 spiro atoms. The van der Waals surface area contributed by atoms with E-state index in [-0.39, 0.29) is 12.0 Å². The zero-order valence-corrected chi connectivity index (χ0v) is 9.60. The van der Waals surface area contributed by atoms with Crippen molar-refractivity contribution < 1.29 is 9.90 Å². The van der Waals surface area contributed by atoms with Crippen molar-refractivity contribution >= 4 is 5.91 Å². The van der Waals surface area contributed by atoms with Crippen molar-refractivity contribution in [2.75, 3.05) is 13.1 Å². The number of aromatic amines is 1. The molecule has 0 aromatic carbocycles. The van der Waals surface area contributed by atoms with Crippen molar-refractivity contribution in [3.05, 3.63) is 18.0 Å². The van der Waals surface area contributed by atoms with Crippen LogP contribution in [0, 0.1) is 0 Å². The van der Waals surface area contributed by atoms with Gasteiger partial charge in [0.05, 0.1) is 17.2 Å². The van der Waals surface area contributed by atoms with Crippen molar-refractivity contribution in [3.63, 3.8) is 0 Å². The van der Waals surface area contributed by atoms with Gasteiger partial charge >= 0.3 is 0 Å². The van der Waals surface area contributed by atoms with Gasteiger partial charge < -0.3 is 10.0 Å². The number of H-pyrrole nitrogens is 1. The van der Waals surface area contributed by atoms with Gasteiger partial charge in [-0.15, -0.1) is 0 Å². The highest BCUT2D eigenvalue weighted by Crippen LogP contribution is 2.25. The molecule has 1 aliphatic heterocycles. The largest absolute Gasteiger partial charge is 0.391 e. The van der Waals surface area contributed by atoms with E-state index in [1.807, 2.05) is 19.9 Å². The number of likely N-dealkylation sites (tertiary alicyclic amines) is 1. The van der Waals surface area contributed by atoms with E-state index in [0.717, 1.165) is 5.69 Å². The molecule has 1 aromatic rings. The first-order valence-corrected chi connectivity index (χ1v) is 5.49. The maximum Gasteiger partial charge on any atom is 0.234 e. The summed E-state index contributed by atoms with van der Waals surface area (Å²) < 4.78 is 0. The minimum atomic E-state index is -0.611. The van der Waals surface area contributed by atoms with Crippen LogP contribution >= 0.6 is 0 Å². The third kappa shape index (κ3) is 1.82. The smallest absolute Gasteiger partial charge is 0.234 e. The van der Waals surface area contributed by atoms with Crippen LogP contribution in [0.5, 0.6) is 0 Å². The molecule has 2 heterocycles. The number of carbonyl (C=O) groups is 1. The molecule has 1 fully saturated rings. The predicted molar refractivity (Wildman–Crippen MR) is 58.8 cm³/mol. The Bertz CT molecular complexity index is 373. The summed E-state index contributed by atoms with van der Waals surface area (Å²) in [4.78, 5) is 14.0. The minimum Gasteiger partial charge on any atom is -0.391 e. The summed E-state index contributed by atoms with van der Waals surface area (Å²) in [7, 11) is 0. The molecule has 16 heavy (non-hydrogen) atoms. The fourth-order valence-electron chi connectivity index (χ4n) is 2.04. The molecule has 1 aliphatic rings. The van der Waals surface area contributed by atoms with Crippen LogP contribution in [0.2, 0.25) is 0 Å². The van der Waals surface area contributed by atoms with Gasteiger partial charge in [-0.3, -0.25) is 9.89 Å². The molecule has 1 unspecified atom stereocenters. The van der Waals surface area contributed by atoms with E-state index in [1.54, 1.807) is 11.1 Å². The van der Waals surface area contributed by atoms with Gasteiger partial charge in [-0.2, -0.15) is 5.10 Å². The molecule has 5 heteroatoms. The number of hydrogen-bond donors (Lipinski definition) is 2. The topological polar surface area (TPSA) is 69.2 Å². The van der Waals surface area contributed by atoms with E-state index in [1.165, 1.54) is 0 Å². The van der Waals surface area contributed by atoms with Gasteiger partial charge in [0.2, 0.25) is 5.91 Å². The lowest BCUT2D eigenvalue weighted by atomic mass is 9.88. The highest BCUT2D eigenvalue weighted by atomic mass is 16.3. The molecule has 88 valence electrons. The number of rotatable bonds is 2. The van der Waals surface area contributed by atoms with Crippen LogP contribution in [-0.2, 0) is 10.2 Å². The molecule has 0 bridgehead atoms. The second-order valence-electron chi connectivity index (χ2n) is 4.79. The first-order chi connectivity index (χ1) is 7.51. The molecular weight excluding hydrogens is 206 g/mol. The molecule has 1 atom stereocenters. The Morgan fingerprint density at radius 3 is 2.94 bits per heavy atom. The number of amides is 1. The molecule has 0 radical (unpaired) electrons. The summed E-state index contributed by atoms with van der Waals surface area (Å²) in [5.74, 6) is 0.0355. The van der Waals surface area contributed by atoms with Crippen LogP contribution in [0.15, 0.2) is 12.3 Å². The lowest BCUT2D eigenvalue weighted by Gasteiger charge is -2.27. The quantitative estimate of drug-likeness (QED) is 0.756. The Morgan fingerprint density at radius 1 is 1.69 bits per heavy atom. The predicted octanol–water partition coefficient (Wildman–Crippen LogP) is 0.281. The SMILES string of the molecule is CC(C)(C(=O)N1CCC(O)C1)c1ccn[nH]1. The number of nitrogens with one attached hydrogen (secondary N) is 1. The average molecular weight is 223 g/mol. The number of β-amino-alcohol motifs (C(OH)–C–C–N with tert-alkyl or cyclic N) is 1. The van der Waals surface area contributed by atoms with Gasteiger partial charge in [0.15, 0.2) is 0 Å². The van der Waals surface area contributed by atoms with E-state index in [0.29, 0.717) is 19.5 Å². The zero-order chi connectivity index (χ0) is 11.8. The zero-order valence-electron chi connectivity index (χ0n) is 9.60. The number of aliphatic hydroxyl groups excluding tert-OH is 1. The summed E-state index contributed by atoms with van der Waals surface area (Å²) in [6.07, 6.45) is 1.94. The Hall–Kier alpha value is -1.36. The molecule has 2 N–H and O–H groups in total. The monoisotopic (exact) mass is 223 g/mol. The molecular formula is C11H17N3O2. The fourth-order valence-corrected chi connectivity index (χ4v) is 2.04. The minimum absolute atomic E-state index is 0.0355. The molecule has 2 rings (SSSR count). The van der Waals surface area contributed by atoms with Gasteiger partial charge in [0, 0.05) is 19.3 Å². The highest BCUT2D eigenvalue weighted by molar-refractivity contribution is 5.87. The summed E-state index contributed by atoms with van der Waals surface area (Å²) in [6, 6.07) is 1.81. The molecule has 0 aliphatic carbocycles. The van der Waals surface area contributed by atoms with E-state index in [9.17, 15) is 9.90 Å². The standard InChI is InChI=1S/C11H17N3O2/c1-11(2,9-3-5-12-13-9)10(16)14-6-4-8(15)7-14/h3,5,8,15H,4,6-7H2,1-2H3,(H,12,13).